The summed E-state index contributed by atoms with van der Waals surface area (Å²) in [5.74, 6) is 0.741. The van der Waals surface area contributed by atoms with Gasteiger partial charge in [-0.15, -0.1) is 0 Å². The molecule has 0 aliphatic heterocycles. The van der Waals surface area contributed by atoms with Crippen molar-refractivity contribution in [1.82, 2.24) is 5.32 Å². The Morgan fingerprint density at radius 3 is 2.15 bits per heavy atom. The van der Waals surface area contributed by atoms with Crippen molar-refractivity contribution in [2.24, 2.45) is 0 Å². The number of halogens is 1. The smallest absolute Gasteiger partial charge is 0.225 e. The molecule has 3 nitrogen and oxygen atoms in total. The summed E-state index contributed by atoms with van der Waals surface area (Å²) in [4.78, 5) is 12.6. The maximum atomic E-state index is 12.6. The first-order valence-corrected chi connectivity index (χ1v) is 8.76. The Morgan fingerprint density at radius 1 is 0.923 bits per heavy atom. The van der Waals surface area contributed by atoms with Crippen molar-refractivity contribution >= 4 is 17.5 Å². The monoisotopic (exact) mass is 365 g/mol. The minimum Gasteiger partial charge on any atom is -0.497 e. The van der Waals surface area contributed by atoms with E-state index in [4.69, 9.17) is 16.3 Å². The van der Waals surface area contributed by atoms with Crippen molar-refractivity contribution in [1.29, 1.82) is 0 Å². The Hall–Kier alpha value is -2.78. The summed E-state index contributed by atoms with van der Waals surface area (Å²) in [5.41, 5.74) is 2.96. The number of benzene rings is 3. The third-order valence-corrected chi connectivity index (χ3v) is 4.42. The average Bonchev–Trinajstić information content (AvgIpc) is 2.69. The van der Waals surface area contributed by atoms with E-state index in [1.165, 1.54) is 0 Å². The summed E-state index contributed by atoms with van der Waals surface area (Å²) in [5, 5.41) is 3.80. The van der Waals surface area contributed by atoms with Crippen LogP contribution < -0.4 is 10.1 Å². The first-order valence-electron chi connectivity index (χ1n) is 8.38. The van der Waals surface area contributed by atoms with Gasteiger partial charge in [0.1, 0.15) is 5.75 Å². The van der Waals surface area contributed by atoms with Gasteiger partial charge in [0, 0.05) is 5.02 Å². The van der Waals surface area contributed by atoms with E-state index in [0.29, 0.717) is 11.4 Å². The lowest BCUT2D eigenvalue weighted by atomic mass is 9.98. The van der Waals surface area contributed by atoms with Gasteiger partial charge in [-0.3, -0.25) is 4.79 Å². The zero-order valence-corrected chi connectivity index (χ0v) is 15.2. The van der Waals surface area contributed by atoms with E-state index in [1.54, 1.807) is 19.2 Å². The fraction of sp³-hybridized carbons (Fsp3) is 0.136. The summed E-state index contributed by atoms with van der Waals surface area (Å²) >= 11 is 5.91. The SMILES string of the molecule is COc1ccc([C@@H](NC(=O)Cc2ccc(Cl)cc2)c2ccccc2)cc1. The highest BCUT2D eigenvalue weighted by Gasteiger charge is 2.17. The number of hydrogen-bond acceptors (Lipinski definition) is 2. The second kappa shape index (κ2) is 8.54. The van der Waals surface area contributed by atoms with Crippen LogP contribution in [0.3, 0.4) is 0 Å². The molecule has 0 aliphatic rings. The molecular weight excluding hydrogens is 346 g/mol. The predicted octanol–water partition coefficient (Wildman–Crippen LogP) is 4.80. The van der Waals surface area contributed by atoms with Gasteiger partial charge in [-0.2, -0.15) is 0 Å². The average molecular weight is 366 g/mol. The van der Waals surface area contributed by atoms with E-state index in [2.05, 4.69) is 5.32 Å². The first kappa shape index (κ1) is 18.0. The molecule has 3 rings (SSSR count). The maximum Gasteiger partial charge on any atom is 0.225 e. The van der Waals surface area contributed by atoms with Crippen LogP contribution in [0.5, 0.6) is 5.75 Å². The van der Waals surface area contributed by atoms with E-state index >= 15 is 0 Å². The van der Waals surface area contributed by atoms with Gasteiger partial charge in [-0.25, -0.2) is 0 Å². The largest absolute Gasteiger partial charge is 0.497 e. The molecule has 0 unspecified atom stereocenters. The van der Waals surface area contributed by atoms with E-state index in [0.717, 1.165) is 22.4 Å². The molecule has 1 atom stereocenters. The van der Waals surface area contributed by atoms with Crippen LogP contribution in [0.25, 0.3) is 0 Å². The van der Waals surface area contributed by atoms with Crippen LogP contribution in [0.1, 0.15) is 22.7 Å². The number of carbonyl (C=O) groups is 1. The molecule has 0 aliphatic carbocycles. The highest BCUT2D eigenvalue weighted by atomic mass is 35.5. The van der Waals surface area contributed by atoms with Crippen LogP contribution in [0.2, 0.25) is 5.02 Å². The normalized spacial score (nSPS) is 11.6. The lowest BCUT2D eigenvalue weighted by Crippen LogP contribution is -2.30. The summed E-state index contributed by atoms with van der Waals surface area (Å²) in [6.07, 6.45) is 0.302. The molecule has 26 heavy (non-hydrogen) atoms. The van der Waals surface area contributed by atoms with E-state index in [-0.39, 0.29) is 11.9 Å². The molecule has 1 amide bonds. The highest BCUT2D eigenvalue weighted by Crippen LogP contribution is 2.24. The molecular formula is C22H20ClNO2. The molecule has 0 saturated heterocycles. The van der Waals surface area contributed by atoms with Crippen molar-refractivity contribution in [3.05, 3.63) is 101 Å². The summed E-state index contributed by atoms with van der Waals surface area (Å²) in [6, 6.07) is 24.8. The first-order chi connectivity index (χ1) is 12.7. The van der Waals surface area contributed by atoms with Gasteiger partial charge in [0.05, 0.1) is 19.6 Å². The number of carbonyl (C=O) groups excluding carboxylic acids is 1. The van der Waals surface area contributed by atoms with E-state index < -0.39 is 0 Å². The minimum atomic E-state index is -0.220. The van der Waals surface area contributed by atoms with Crippen molar-refractivity contribution < 1.29 is 9.53 Å². The van der Waals surface area contributed by atoms with Gasteiger partial charge in [0.15, 0.2) is 0 Å². The van der Waals surface area contributed by atoms with Crippen LogP contribution >= 0.6 is 11.6 Å². The molecule has 0 heterocycles. The third-order valence-electron chi connectivity index (χ3n) is 4.17. The Labute approximate surface area is 158 Å². The van der Waals surface area contributed by atoms with Gasteiger partial charge in [-0.1, -0.05) is 66.2 Å². The maximum absolute atomic E-state index is 12.6. The Bertz CT molecular complexity index is 846. The van der Waals surface area contributed by atoms with Gasteiger partial charge >= 0.3 is 0 Å². The van der Waals surface area contributed by atoms with Crippen LogP contribution in [-0.4, -0.2) is 13.0 Å². The molecule has 0 saturated carbocycles. The van der Waals surface area contributed by atoms with E-state index in [9.17, 15) is 4.79 Å². The fourth-order valence-corrected chi connectivity index (χ4v) is 2.93. The second-order valence-electron chi connectivity index (χ2n) is 5.99. The van der Waals surface area contributed by atoms with Gasteiger partial charge in [0.25, 0.3) is 0 Å². The molecule has 132 valence electrons. The summed E-state index contributed by atoms with van der Waals surface area (Å²) < 4.78 is 5.23. The van der Waals surface area contributed by atoms with Gasteiger partial charge in [0.2, 0.25) is 5.91 Å². The molecule has 0 aromatic heterocycles. The van der Waals surface area contributed by atoms with Gasteiger partial charge in [-0.05, 0) is 41.0 Å². The quantitative estimate of drug-likeness (QED) is 0.681. The zero-order valence-electron chi connectivity index (χ0n) is 14.5. The van der Waals surface area contributed by atoms with Crippen molar-refractivity contribution in [2.45, 2.75) is 12.5 Å². The fourth-order valence-electron chi connectivity index (χ4n) is 2.80. The molecule has 0 bridgehead atoms. The molecule has 3 aromatic carbocycles. The Morgan fingerprint density at radius 2 is 1.54 bits per heavy atom. The summed E-state index contributed by atoms with van der Waals surface area (Å²) in [7, 11) is 1.64. The third kappa shape index (κ3) is 4.64. The van der Waals surface area contributed by atoms with Crippen LogP contribution in [-0.2, 0) is 11.2 Å². The second-order valence-corrected chi connectivity index (χ2v) is 6.42. The predicted molar refractivity (Wildman–Crippen MR) is 105 cm³/mol. The molecule has 0 radical (unpaired) electrons. The minimum absolute atomic E-state index is 0.0445. The Balaban J connectivity index is 1.81. The van der Waals surface area contributed by atoms with Crippen LogP contribution in [0.4, 0.5) is 0 Å². The number of hydrogen-bond donors (Lipinski definition) is 1. The Kier molecular flexibility index (Phi) is 5.92. The standard InChI is InChI=1S/C22H20ClNO2/c1-26-20-13-9-18(10-14-20)22(17-5-3-2-4-6-17)24-21(25)15-16-7-11-19(23)12-8-16/h2-14,22H,15H2,1H3,(H,24,25)/t22-/m0/s1. The molecule has 1 N–H and O–H groups in total. The lowest BCUT2D eigenvalue weighted by molar-refractivity contribution is -0.120. The van der Waals surface area contributed by atoms with Crippen molar-refractivity contribution in [3.63, 3.8) is 0 Å². The lowest BCUT2D eigenvalue weighted by Gasteiger charge is -2.20. The molecule has 4 heteroatoms. The number of methoxy groups -OCH3 is 1. The number of rotatable bonds is 6. The molecule has 0 fully saturated rings. The molecule has 3 aromatic rings. The summed E-state index contributed by atoms with van der Waals surface area (Å²) in [6.45, 7) is 0. The number of ether oxygens (including phenoxy) is 1. The molecule has 0 spiro atoms. The number of amides is 1. The van der Waals surface area contributed by atoms with Crippen LogP contribution in [0.15, 0.2) is 78.9 Å². The van der Waals surface area contributed by atoms with Gasteiger partial charge < -0.3 is 10.1 Å². The highest BCUT2D eigenvalue weighted by molar-refractivity contribution is 6.30. The van der Waals surface area contributed by atoms with Crippen molar-refractivity contribution in [2.75, 3.05) is 7.11 Å². The van der Waals surface area contributed by atoms with E-state index in [1.807, 2.05) is 66.7 Å². The topological polar surface area (TPSA) is 38.3 Å². The van der Waals surface area contributed by atoms with Crippen LogP contribution in [0, 0.1) is 0 Å². The van der Waals surface area contributed by atoms with Crippen molar-refractivity contribution in [3.8, 4) is 5.75 Å². The zero-order chi connectivity index (χ0) is 18.4. The number of nitrogens with one attached hydrogen (secondary N) is 1.